The highest BCUT2D eigenvalue weighted by molar-refractivity contribution is 9.10. The third-order valence-electron chi connectivity index (χ3n) is 8.33. The summed E-state index contributed by atoms with van der Waals surface area (Å²) < 4.78 is 24.0. The highest BCUT2D eigenvalue weighted by Gasteiger charge is 2.56. The first-order valence-corrected chi connectivity index (χ1v) is 14.9. The molecule has 1 aromatic carbocycles. The Kier molecular flexibility index (Phi) is 6.76. The van der Waals surface area contributed by atoms with Crippen LogP contribution in [0.5, 0.6) is 0 Å². The lowest BCUT2D eigenvalue weighted by Gasteiger charge is -2.43. The van der Waals surface area contributed by atoms with Gasteiger partial charge in [0.2, 0.25) is 0 Å². The number of rotatable bonds is 5. The molecule has 40 heavy (non-hydrogen) atoms. The monoisotopic (exact) mass is 635 g/mol. The van der Waals surface area contributed by atoms with Crippen molar-refractivity contribution >= 4 is 61.4 Å². The lowest BCUT2D eigenvalue weighted by atomic mass is 9.79. The summed E-state index contributed by atoms with van der Waals surface area (Å²) in [4.78, 5) is 31.5. The summed E-state index contributed by atoms with van der Waals surface area (Å²) in [6, 6.07) is 2.15. The Morgan fingerprint density at radius 1 is 1.18 bits per heavy atom. The summed E-state index contributed by atoms with van der Waals surface area (Å²) >= 11 is 9.84. The molecule has 1 amide bonds. The fourth-order valence-electron chi connectivity index (χ4n) is 6.32. The molecule has 7 rings (SSSR count). The smallest absolute Gasteiger partial charge is 0.410 e. The quantitative estimate of drug-likeness (QED) is 0.360. The van der Waals surface area contributed by atoms with Gasteiger partial charge in [0.1, 0.15) is 22.5 Å². The summed E-state index contributed by atoms with van der Waals surface area (Å²) in [7, 11) is 8.15. The van der Waals surface area contributed by atoms with Crippen LogP contribution in [0.3, 0.4) is 0 Å². The average Bonchev–Trinajstić information content (AvgIpc) is 3.49. The van der Waals surface area contributed by atoms with E-state index in [1.54, 1.807) is 6.07 Å². The zero-order valence-corrected chi connectivity index (χ0v) is 26.3. The van der Waals surface area contributed by atoms with Crippen molar-refractivity contribution < 1.29 is 13.9 Å². The first-order valence-electron chi connectivity index (χ1n) is 13.7. The number of aromatic nitrogens is 3. The summed E-state index contributed by atoms with van der Waals surface area (Å²) in [5.41, 5.74) is 1.26. The number of anilines is 1. The Bertz CT molecular complexity index is 1510. The van der Waals surface area contributed by atoms with Crippen molar-refractivity contribution in [2.75, 3.05) is 52.7 Å². The third-order valence-corrected chi connectivity index (χ3v) is 9.64. The van der Waals surface area contributed by atoms with E-state index in [0.717, 1.165) is 36.4 Å². The van der Waals surface area contributed by atoms with Crippen molar-refractivity contribution in [2.45, 2.75) is 57.5 Å². The topological polar surface area (TPSA) is 70.0 Å². The maximum Gasteiger partial charge on any atom is 0.410 e. The molecule has 4 aliphatic rings. The van der Waals surface area contributed by atoms with E-state index in [-0.39, 0.29) is 39.1 Å². The predicted octanol–water partition coefficient (Wildman–Crippen LogP) is 5.13. The largest absolute Gasteiger partial charge is 0.444 e. The molecule has 216 valence electrons. The second kappa shape index (κ2) is 9.68. The van der Waals surface area contributed by atoms with Crippen molar-refractivity contribution in [3.8, 4) is 0 Å². The van der Waals surface area contributed by atoms with Gasteiger partial charge in [-0.05, 0) is 77.4 Å². The van der Waals surface area contributed by atoms with Crippen molar-refractivity contribution in [1.82, 2.24) is 29.2 Å². The molecule has 3 atom stereocenters. The Labute approximate surface area is 247 Å². The van der Waals surface area contributed by atoms with Crippen molar-refractivity contribution in [3.05, 3.63) is 27.2 Å². The number of benzene rings is 1. The van der Waals surface area contributed by atoms with E-state index < -0.39 is 11.4 Å². The number of amides is 1. The molecule has 9 nitrogen and oxygen atoms in total. The number of likely N-dealkylation sites (N-methyl/N-ethyl adjacent to an activating group) is 1. The first-order chi connectivity index (χ1) is 18.7. The molecule has 0 spiro atoms. The Hall–Kier alpha value is -2.21. The number of hydrogen-bond donors (Lipinski definition) is 0. The van der Waals surface area contributed by atoms with Crippen molar-refractivity contribution in [2.24, 2.45) is 5.92 Å². The van der Waals surface area contributed by atoms with Gasteiger partial charge >= 0.3 is 6.09 Å². The van der Waals surface area contributed by atoms with Gasteiger partial charge in [0.25, 0.3) is 0 Å². The number of pyridine rings is 1. The summed E-state index contributed by atoms with van der Waals surface area (Å²) in [5.74, 6) is 1.32. The number of ether oxygens (including phenoxy) is 1. The summed E-state index contributed by atoms with van der Waals surface area (Å²) in [5, 5.41) is 0.910. The van der Waals surface area contributed by atoms with Crippen LogP contribution < -0.4 is 4.90 Å². The Balaban J connectivity index is 1.55. The lowest BCUT2D eigenvalue weighted by molar-refractivity contribution is 0.0209. The van der Waals surface area contributed by atoms with Crippen LogP contribution in [-0.2, 0) is 11.3 Å². The predicted molar refractivity (Wildman–Crippen MR) is 159 cm³/mol. The van der Waals surface area contributed by atoms with Crippen LogP contribution in [0.25, 0.3) is 21.9 Å². The molecule has 5 heterocycles. The van der Waals surface area contributed by atoms with Gasteiger partial charge in [0.15, 0.2) is 11.6 Å². The van der Waals surface area contributed by atoms with E-state index in [0.29, 0.717) is 30.3 Å². The number of carbonyl (C=O) groups is 1. The van der Waals surface area contributed by atoms with Crippen LogP contribution in [0, 0.1) is 11.7 Å². The minimum Gasteiger partial charge on any atom is -0.444 e. The maximum absolute atomic E-state index is 15.8. The number of carbonyl (C=O) groups excluding carboxylic acids is 1. The molecule has 4 fully saturated rings. The van der Waals surface area contributed by atoms with E-state index in [1.165, 1.54) is 0 Å². The van der Waals surface area contributed by atoms with E-state index in [2.05, 4.69) is 49.3 Å². The second-order valence-corrected chi connectivity index (χ2v) is 14.1. The Morgan fingerprint density at radius 3 is 2.50 bits per heavy atom. The fraction of sp³-hybridized carbons (Fsp3) is 0.607. The number of imidazole rings is 1. The molecule has 3 unspecified atom stereocenters. The summed E-state index contributed by atoms with van der Waals surface area (Å²) in [6.45, 7) is 8.44. The number of hydrogen-bond acceptors (Lipinski definition) is 7. The number of fused-ring (bicyclic) bond motifs is 4. The molecule has 3 saturated heterocycles. The van der Waals surface area contributed by atoms with Crippen LogP contribution in [0.4, 0.5) is 15.0 Å². The molecule has 3 aromatic rings. The fourth-order valence-corrected chi connectivity index (χ4v) is 6.81. The first kappa shape index (κ1) is 27.9. The molecule has 2 aromatic heterocycles. The number of halogens is 3. The van der Waals surface area contributed by atoms with Crippen LogP contribution in [0.15, 0.2) is 10.5 Å². The SMILES string of the molecule is CN(C)Cc1nc2c(N3CC(N(C)C)C3)nc3c(F)c(Br)c(Cl)cc3c2n1C1C2CC1N(C(=O)OC(C)(C)C)C2. The van der Waals surface area contributed by atoms with Gasteiger partial charge in [-0.3, -0.25) is 0 Å². The number of nitrogens with zero attached hydrogens (tertiary/aromatic N) is 7. The minimum absolute atomic E-state index is 0.00214. The van der Waals surface area contributed by atoms with E-state index in [4.69, 9.17) is 26.3 Å². The highest BCUT2D eigenvalue weighted by atomic mass is 79.9. The molecule has 1 aliphatic carbocycles. The van der Waals surface area contributed by atoms with E-state index >= 15 is 4.39 Å². The van der Waals surface area contributed by atoms with Gasteiger partial charge in [-0.1, -0.05) is 11.6 Å². The van der Waals surface area contributed by atoms with Crippen LogP contribution >= 0.6 is 27.5 Å². The van der Waals surface area contributed by atoms with Crippen molar-refractivity contribution in [3.63, 3.8) is 0 Å². The van der Waals surface area contributed by atoms with E-state index in [1.807, 2.05) is 39.8 Å². The molecule has 12 heteroatoms. The van der Waals surface area contributed by atoms with E-state index in [9.17, 15) is 4.79 Å². The standard InChI is InChI=1S/C28H36BrClFN7O2/c1-28(2,3)40-27(39)37-10-14-8-18(37)24(14)38-19(13-34(4)5)32-23-25(38)16-9-17(30)20(29)21(31)22(16)33-26(23)36-11-15(12-36)35(6)7/h9,14-15,18,24H,8,10-13H2,1-7H3. The van der Waals surface area contributed by atoms with Crippen molar-refractivity contribution in [1.29, 1.82) is 0 Å². The van der Waals surface area contributed by atoms with Gasteiger partial charge in [-0.2, -0.15) is 0 Å². The second-order valence-electron chi connectivity index (χ2n) is 12.9. The van der Waals surface area contributed by atoms with Gasteiger partial charge in [-0.25, -0.2) is 19.2 Å². The molecule has 3 aliphatic heterocycles. The molecule has 2 bridgehead atoms. The third kappa shape index (κ3) is 4.44. The normalized spacial score (nSPS) is 23.1. The zero-order chi connectivity index (χ0) is 28.8. The average molecular weight is 637 g/mol. The highest BCUT2D eigenvalue weighted by Crippen LogP contribution is 2.52. The molecular formula is C28H36BrClFN7O2. The summed E-state index contributed by atoms with van der Waals surface area (Å²) in [6.07, 6.45) is 0.611. The molecule has 0 radical (unpaired) electrons. The van der Waals surface area contributed by atoms with Gasteiger partial charge in [-0.15, -0.1) is 0 Å². The molecule has 0 N–H and O–H groups in total. The molecule has 1 saturated carbocycles. The lowest BCUT2D eigenvalue weighted by Crippen LogP contribution is -2.57. The minimum atomic E-state index is -0.572. The molecular weight excluding hydrogens is 601 g/mol. The maximum atomic E-state index is 15.8. The van der Waals surface area contributed by atoms with Gasteiger partial charge < -0.3 is 28.9 Å². The van der Waals surface area contributed by atoms with Crippen LogP contribution in [0.2, 0.25) is 5.02 Å². The Morgan fingerprint density at radius 2 is 1.88 bits per heavy atom. The van der Waals surface area contributed by atoms with Gasteiger partial charge in [0, 0.05) is 37.0 Å². The zero-order valence-electron chi connectivity index (χ0n) is 24.0. The van der Waals surface area contributed by atoms with Crippen LogP contribution in [0.1, 0.15) is 39.1 Å². The van der Waals surface area contributed by atoms with Crippen LogP contribution in [-0.4, -0.2) is 101 Å². The van der Waals surface area contributed by atoms with Gasteiger partial charge in [0.05, 0.1) is 33.6 Å².